The third-order valence-corrected chi connectivity index (χ3v) is 13.2. The van der Waals surface area contributed by atoms with E-state index in [0.29, 0.717) is 19.3 Å². The van der Waals surface area contributed by atoms with Crippen LogP contribution in [0.2, 0.25) is 0 Å². The van der Waals surface area contributed by atoms with Crippen LogP contribution in [0.4, 0.5) is 0 Å². The average Bonchev–Trinajstić information content (AvgIpc) is 3.27. The number of hydrogen-bond acceptors (Lipinski definition) is 10. The molecule has 0 aromatic carbocycles. The molecule has 1 aliphatic heterocycles. The first-order chi connectivity index (χ1) is 30.2. The summed E-state index contributed by atoms with van der Waals surface area (Å²) in [5, 5.41) is 75.7. The zero-order valence-corrected chi connectivity index (χ0v) is 40.1. The predicted octanol–water partition coefficient (Wildman–Crippen LogP) is 9.84. The zero-order valence-electron chi connectivity index (χ0n) is 40.1. The topological polar surface area (TPSA) is 189 Å². The number of hydrogen-bond donors (Lipinski definition) is 8. The first kappa shape index (κ1) is 59.1. The minimum Gasteiger partial charge on any atom is -0.394 e. The van der Waals surface area contributed by atoms with E-state index in [-0.39, 0.29) is 6.42 Å². The summed E-state index contributed by atoms with van der Waals surface area (Å²) >= 11 is 0. The monoisotopic (exact) mass is 888 g/mol. The van der Waals surface area contributed by atoms with E-state index in [1.54, 1.807) is 0 Å². The van der Waals surface area contributed by atoms with Gasteiger partial charge in [0.15, 0.2) is 6.29 Å². The molecular weight excluding hydrogens is 787 g/mol. The molecule has 0 radical (unpaired) electrons. The van der Waals surface area contributed by atoms with Gasteiger partial charge in [0.2, 0.25) is 5.91 Å². The zero-order chi connectivity index (χ0) is 45.5. The third kappa shape index (κ3) is 30.3. The van der Waals surface area contributed by atoms with Crippen LogP contribution in [0.25, 0.3) is 0 Å². The van der Waals surface area contributed by atoms with E-state index >= 15 is 0 Å². The highest BCUT2D eigenvalue weighted by Crippen LogP contribution is 2.23. The Balaban J connectivity index is 2.25. The van der Waals surface area contributed by atoms with Gasteiger partial charge in [-0.25, -0.2) is 0 Å². The number of aliphatic hydroxyl groups is 7. The maximum absolute atomic E-state index is 13.0. The Labute approximate surface area is 379 Å². The number of nitrogens with one attached hydrogen (secondary N) is 1. The maximum Gasteiger partial charge on any atom is 0.249 e. The normalized spacial score (nSPS) is 21.2. The van der Waals surface area contributed by atoms with Gasteiger partial charge < -0.3 is 50.5 Å². The quantitative estimate of drug-likeness (QED) is 0.0273. The van der Waals surface area contributed by atoms with Gasteiger partial charge in [0.1, 0.15) is 36.6 Å². The third-order valence-electron chi connectivity index (χ3n) is 13.2. The summed E-state index contributed by atoms with van der Waals surface area (Å²) in [6, 6.07) is -1.16. The fourth-order valence-electron chi connectivity index (χ4n) is 8.80. The Bertz CT molecular complexity index is 975. The van der Waals surface area contributed by atoms with E-state index < -0.39 is 74.2 Å². The van der Waals surface area contributed by atoms with Gasteiger partial charge in [-0.2, -0.15) is 0 Å². The molecule has 11 heteroatoms. The summed E-state index contributed by atoms with van der Waals surface area (Å²) in [5.41, 5.74) is 0. The van der Waals surface area contributed by atoms with E-state index in [2.05, 4.69) is 19.2 Å². The summed E-state index contributed by atoms with van der Waals surface area (Å²) in [7, 11) is 0. The molecule has 1 fully saturated rings. The summed E-state index contributed by atoms with van der Waals surface area (Å²) in [6.45, 7) is 3.44. The highest BCUT2D eigenvalue weighted by atomic mass is 16.7. The largest absolute Gasteiger partial charge is 0.394 e. The highest BCUT2D eigenvalue weighted by Gasteiger charge is 2.44. The Kier molecular flexibility index (Phi) is 39.6. The Morgan fingerprint density at radius 2 is 0.839 bits per heavy atom. The summed E-state index contributed by atoms with van der Waals surface area (Å²) in [4.78, 5) is 13.0. The molecule has 1 rings (SSSR count). The number of ether oxygens (including phenoxy) is 2. The molecule has 0 aromatic heterocycles. The minimum absolute atomic E-state index is 0.264. The van der Waals surface area contributed by atoms with Crippen molar-refractivity contribution in [2.24, 2.45) is 0 Å². The van der Waals surface area contributed by atoms with Crippen molar-refractivity contribution in [2.75, 3.05) is 13.2 Å². The van der Waals surface area contributed by atoms with Crippen LogP contribution in [0, 0.1) is 0 Å². The lowest BCUT2D eigenvalue weighted by Crippen LogP contribution is -2.60. The second kappa shape index (κ2) is 41.5. The van der Waals surface area contributed by atoms with Crippen LogP contribution in [-0.2, 0) is 14.3 Å². The molecule has 0 aliphatic carbocycles. The van der Waals surface area contributed by atoms with Crippen molar-refractivity contribution in [3.8, 4) is 0 Å². The Morgan fingerprint density at radius 3 is 1.19 bits per heavy atom. The number of aliphatic hydroxyl groups excluding tert-OH is 7. The molecule has 62 heavy (non-hydrogen) atoms. The van der Waals surface area contributed by atoms with Crippen molar-refractivity contribution in [3.63, 3.8) is 0 Å². The van der Waals surface area contributed by atoms with Crippen LogP contribution >= 0.6 is 0 Å². The number of amides is 1. The van der Waals surface area contributed by atoms with Crippen LogP contribution in [0.5, 0.6) is 0 Å². The summed E-state index contributed by atoms with van der Waals surface area (Å²) in [5.74, 6) is -0.696. The van der Waals surface area contributed by atoms with Gasteiger partial charge in [-0.15, -0.1) is 0 Å². The van der Waals surface area contributed by atoms with Crippen molar-refractivity contribution in [1.29, 1.82) is 0 Å². The number of unbranched alkanes of at least 4 members (excludes halogenated alkanes) is 33. The van der Waals surface area contributed by atoms with Crippen LogP contribution in [0.3, 0.4) is 0 Å². The van der Waals surface area contributed by atoms with Crippen LogP contribution in [0.15, 0.2) is 0 Å². The molecule has 1 aliphatic rings. The van der Waals surface area contributed by atoms with Crippen molar-refractivity contribution >= 4 is 5.91 Å². The van der Waals surface area contributed by atoms with Gasteiger partial charge in [0.25, 0.3) is 0 Å². The first-order valence-corrected chi connectivity index (χ1v) is 26.4. The number of rotatable bonds is 45. The van der Waals surface area contributed by atoms with Crippen molar-refractivity contribution in [3.05, 3.63) is 0 Å². The summed E-state index contributed by atoms with van der Waals surface area (Å²) in [6.07, 6.45) is 33.3. The van der Waals surface area contributed by atoms with Crippen molar-refractivity contribution in [2.45, 2.75) is 306 Å². The molecular formula is C51H101NO10. The van der Waals surface area contributed by atoms with E-state index in [0.717, 1.165) is 38.5 Å². The second-order valence-corrected chi connectivity index (χ2v) is 19.0. The lowest BCUT2D eigenvalue weighted by Gasteiger charge is -2.40. The number of carbonyl (C=O) groups is 1. The molecule has 0 aromatic rings. The van der Waals surface area contributed by atoms with E-state index in [4.69, 9.17) is 9.47 Å². The fourth-order valence-corrected chi connectivity index (χ4v) is 8.80. The van der Waals surface area contributed by atoms with Gasteiger partial charge in [-0.1, -0.05) is 239 Å². The molecule has 1 heterocycles. The minimum atomic E-state index is -1.66. The van der Waals surface area contributed by atoms with Gasteiger partial charge in [0, 0.05) is 0 Å². The van der Waals surface area contributed by atoms with Gasteiger partial charge in [-0.05, 0) is 12.8 Å². The molecule has 11 nitrogen and oxygen atoms in total. The Morgan fingerprint density at radius 1 is 0.500 bits per heavy atom. The van der Waals surface area contributed by atoms with E-state index in [1.807, 2.05) is 0 Å². The van der Waals surface area contributed by atoms with Gasteiger partial charge in [-0.3, -0.25) is 4.79 Å². The molecule has 0 spiro atoms. The predicted molar refractivity (Wildman–Crippen MR) is 252 cm³/mol. The molecule has 370 valence electrons. The SMILES string of the molecule is CCCCCCCCCCCCCCCCCCCCCCCCCCCCC(O)C(O)C(COC1OC(CO)C(O)C(O)C1O)NC(=O)C(O)CCCCCCCCCCC. The first-order valence-electron chi connectivity index (χ1n) is 26.4. The lowest BCUT2D eigenvalue weighted by atomic mass is 9.98. The standard InChI is InChI=1S/C51H101NO10/c1-3-5-7-9-11-13-14-15-16-17-18-19-20-21-22-23-24-25-26-27-28-29-31-32-34-36-38-43(54)46(56)42(41-61-51-49(59)48(58)47(57)45(40-53)62-51)52-50(60)44(55)39-37-35-33-30-12-10-8-6-4-2/h42-49,51,53-59H,3-41H2,1-2H3,(H,52,60). The Hall–Kier alpha value is -0.890. The molecule has 1 amide bonds. The second-order valence-electron chi connectivity index (χ2n) is 19.0. The summed E-state index contributed by atoms with van der Waals surface area (Å²) < 4.78 is 11.1. The average molecular weight is 888 g/mol. The number of carbonyl (C=O) groups excluding carboxylic acids is 1. The van der Waals surface area contributed by atoms with Crippen molar-refractivity contribution in [1.82, 2.24) is 5.32 Å². The lowest BCUT2D eigenvalue weighted by molar-refractivity contribution is -0.303. The molecule has 0 bridgehead atoms. The molecule has 1 saturated heterocycles. The van der Waals surface area contributed by atoms with Gasteiger partial charge >= 0.3 is 0 Å². The van der Waals surface area contributed by atoms with Crippen LogP contribution in [0.1, 0.15) is 251 Å². The molecule has 9 atom stereocenters. The van der Waals surface area contributed by atoms with E-state index in [1.165, 1.54) is 173 Å². The van der Waals surface area contributed by atoms with Crippen LogP contribution < -0.4 is 5.32 Å². The molecule has 0 saturated carbocycles. The maximum atomic E-state index is 13.0. The van der Waals surface area contributed by atoms with E-state index in [9.17, 15) is 40.5 Å². The molecule has 8 N–H and O–H groups in total. The molecule has 9 unspecified atom stereocenters. The van der Waals surface area contributed by atoms with Crippen molar-refractivity contribution < 1.29 is 50.0 Å². The smallest absolute Gasteiger partial charge is 0.249 e. The van der Waals surface area contributed by atoms with Crippen LogP contribution in [-0.4, -0.2) is 110 Å². The fraction of sp³-hybridized carbons (Fsp3) is 0.980. The highest BCUT2D eigenvalue weighted by molar-refractivity contribution is 5.80. The van der Waals surface area contributed by atoms with Gasteiger partial charge in [0.05, 0.1) is 25.4 Å².